The van der Waals surface area contributed by atoms with Crippen LogP contribution >= 0.6 is 0 Å². The van der Waals surface area contributed by atoms with Gasteiger partial charge in [0.15, 0.2) is 0 Å². The van der Waals surface area contributed by atoms with Crippen molar-refractivity contribution in [2.75, 3.05) is 6.54 Å². The molecule has 0 heterocycles. The number of nitrogens with one attached hydrogen (secondary N) is 1. The molecule has 0 aromatic carbocycles. The molecular weight excluding hydrogens is 230 g/mol. The summed E-state index contributed by atoms with van der Waals surface area (Å²) < 4.78 is 0. The van der Waals surface area contributed by atoms with Crippen molar-refractivity contribution in [2.45, 2.75) is 58.8 Å². The third-order valence-electron chi connectivity index (χ3n) is 4.03. The molecule has 0 radical (unpaired) electrons. The fourth-order valence-electron chi connectivity index (χ4n) is 2.51. The molecule has 0 aromatic rings. The molecule has 4 heteroatoms. The van der Waals surface area contributed by atoms with Crippen LogP contribution in [0.5, 0.6) is 0 Å². The molecular formula is C14H25NO3. The van der Waals surface area contributed by atoms with E-state index in [4.69, 9.17) is 5.11 Å². The van der Waals surface area contributed by atoms with Crippen molar-refractivity contribution in [1.29, 1.82) is 0 Å². The maximum absolute atomic E-state index is 12.1. The van der Waals surface area contributed by atoms with E-state index in [0.29, 0.717) is 13.0 Å². The normalized spacial score (nSPS) is 20.1. The molecule has 0 saturated heterocycles. The average Bonchev–Trinajstić information content (AvgIpc) is 2.34. The van der Waals surface area contributed by atoms with Gasteiger partial charge in [-0.1, -0.05) is 33.1 Å². The minimum absolute atomic E-state index is 0.144. The third-order valence-corrected chi connectivity index (χ3v) is 4.03. The second kappa shape index (κ2) is 6.76. The Morgan fingerprint density at radius 2 is 1.89 bits per heavy atom. The number of carboxylic acids is 1. The first kappa shape index (κ1) is 15.0. The van der Waals surface area contributed by atoms with Crippen LogP contribution in [-0.4, -0.2) is 23.5 Å². The zero-order chi connectivity index (χ0) is 13.6. The highest BCUT2D eigenvalue weighted by molar-refractivity contribution is 5.82. The molecule has 1 aliphatic rings. The van der Waals surface area contributed by atoms with Crippen LogP contribution in [0.25, 0.3) is 0 Å². The first-order valence-corrected chi connectivity index (χ1v) is 6.97. The van der Waals surface area contributed by atoms with Crippen LogP contribution in [-0.2, 0) is 9.59 Å². The van der Waals surface area contributed by atoms with E-state index in [-0.39, 0.29) is 17.2 Å². The number of hydrogen-bond acceptors (Lipinski definition) is 2. The van der Waals surface area contributed by atoms with Gasteiger partial charge in [-0.2, -0.15) is 0 Å². The van der Waals surface area contributed by atoms with Gasteiger partial charge in [-0.25, -0.2) is 0 Å². The largest absolute Gasteiger partial charge is 0.481 e. The second-order valence-electron chi connectivity index (χ2n) is 5.76. The van der Waals surface area contributed by atoms with Crippen LogP contribution in [0.3, 0.4) is 0 Å². The Labute approximate surface area is 109 Å². The number of carbonyl (C=O) groups excluding carboxylic acids is 1. The summed E-state index contributed by atoms with van der Waals surface area (Å²) in [5, 5.41) is 11.7. The van der Waals surface area contributed by atoms with Gasteiger partial charge >= 0.3 is 5.97 Å². The molecule has 18 heavy (non-hydrogen) atoms. The van der Waals surface area contributed by atoms with E-state index in [1.807, 2.05) is 6.92 Å². The fraction of sp³-hybridized carbons (Fsp3) is 0.857. The van der Waals surface area contributed by atoms with Crippen LogP contribution in [0, 0.1) is 11.3 Å². The molecule has 2 N–H and O–H groups in total. The minimum Gasteiger partial charge on any atom is -0.481 e. The molecule has 1 aliphatic carbocycles. The van der Waals surface area contributed by atoms with Crippen molar-refractivity contribution in [1.82, 2.24) is 5.32 Å². The van der Waals surface area contributed by atoms with E-state index in [0.717, 1.165) is 32.1 Å². The molecule has 4 nitrogen and oxygen atoms in total. The van der Waals surface area contributed by atoms with Gasteiger partial charge in [-0.05, 0) is 25.7 Å². The Bertz CT molecular complexity index is 295. The van der Waals surface area contributed by atoms with E-state index in [2.05, 4.69) is 5.32 Å². The quantitative estimate of drug-likeness (QED) is 0.717. The highest BCUT2D eigenvalue weighted by atomic mass is 16.4. The van der Waals surface area contributed by atoms with Gasteiger partial charge in [0.05, 0.1) is 5.92 Å². The number of amides is 1. The van der Waals surface area contributed by atoms with Gasteiger partial charge in [-0.3, -0.25) is 9.59 Å². The maximum Gasteiger partial charge on any atom is 0.306 e. The van der Waals surface area contributed by atoms with E-state index in [1.165, 1.54) is 6.42 Å². The summed E-state index contributed by atoms with van der Waals surface area (Å²) in [5.41, 5.74) is -0.198. The van der Waals surface area contributed by atoms with E-state index in [1.54, 1.807) is 6.92 Å². The zero-order valence-electron chi connectivity index (χ0n) is 11.5. The van der Waals surface area contributed by atoms with Gasteiger partial charge in [-0.15, -0.1) is 0 Å². The van der Waals surface area contributed by atoms with Crippen LogP contribution in [0.2, 0.25) is 0 Å². The Balaban J connectivity index is 2.22. The predicted molar refractivity (Wildman–Crippen MR) is 70.2 cm³/mol. The molecule has 0 bridgehead atoms. The Kier molecular flexibility index (Phi) is 5.63. The molecule has 0 spiro atoms. The van der Waals surface area contributed by atoms with E-state index in [9.17, 15) is 9.59 Å². The number of rotatable bonds is 6. The first-order valence-electron chi connectivity index (χ1n) is 6.97. The number of carbonyl (C=O) groups is 2. The molecule has 1 saturated carbocycles. The lowest BCUT2D eigenvalue weighted by Gasteiger charge is -2.32. The molecule has 104 valence electrons. The summed E-state index contributed by atoms with van der Waals surface area (Å²) in [6.07, 6.45) is 6.81. The molecule has 0 aliphatic heterocycles. The summed E-state index contributed by atoms with van der Waals surface area (Å²) in [6.45, 7) is 4.33. The zero-order valence-corrected chi connectivity index (χ0v) is 11.5. The Morgan fingerprint density at radius 1 is 1.28 bits per heavy atom. The average molecular weight is 255 g/mol. The predicted octanol–water partition coefficient (Wildman–Crippen LogP) is 2.57. The molecule has 1 rings (SSSR count). The molecule has 0 aromatic heterocycles. The van der Waals surface area contributed by atoms with Gasteiger partial charge in [0.2, 0.25) is 5.91 Å². The lowest BCUT2D eigenvalue weighted by atomic mass is 9.75. The highest BCUT2D eigenvalue weighted by Crippen LogP contribution is 2.35. The monoisotopic (exact) mass is 255 g/mol. The van der Waals surface area contributed by atoms with Crippen molar-refractivity contribution in [3.8, 4) is 0 Å². The Hall–Kier alpha value is -1.06. The van der Waals surface area contributed by atoms with Crippen molar-refractivity contribution in [3.05, 3.63) is 0 Å². The summed E-state index contributed by atoms with van der Waals surface area (Å²) in [7, 11) is 0. The molecule has 1 amide bonds. The van der Waals surface area contributed by atoms with Crippen LogP contribution in [0.1, 0.15) is 58.8 Å². The van der Waals surface area contributed by atoms with Crippen molar-refractivity contribution < 1.29 is 14.7 Å². The van der Waals surface area contributed by atoms with E-state index < -0.39 is 5.97 Å². The number of carboxylic acid groups (broad SMARTS) is 1. The lowest BCUT2D eigenvalue weighted by Crippen LogP contribution is -2.40. The SMILES string of the molecule is CC(CCCNC(=O)C1(C)CCCCC1)C(=O)O. The molecule has 1 unspecified atom stereocenters. The van der Waals surface area contributed by atoms with Crippen LogP contribution in [0.4, 0.5) is 0 Å². The van der Waals surface area contributed by atoms with Crippen LogP contribution in [0.15, 0.2) is 0 Å². The van der Waals surface area contributed by atoms with E-state index >= 15 is 0 Å². The topological polar surface area (TPSA) is 66.4 Å². The van der Waals surface area contributed by atoms with Gasteiger partial charge in [0.1, 0.15) is 0 Å². The summed E-state index contributed by atoms with van der Waals surface area (Å²) in [6, 6.07) is 0. The smallest absolute Gasteiger partial charge is 0.306 e. The maximum atomic E-state index is 12.1. The molecule has 1 fully saturated rings. The summed E-state index contributed by atoms with van der Waals surface area (Å²) in [5.74, 6) is -0.946. The van der Waals surface area contributed by atoms with Crippen LogP contribution < -0.4 is 5.32 Å². The minimum atomic E-state index is -0.763. The summed E-state index contributed by atoms with van der Waals surface area (Å²) >= 11 is 0. The Morgan fingerprint density at radius 3 is 2.44 bits per heavy atom. The first-order chi connectivity index (χ1) is 8.46. The number of aliphatic carboxylic acids is 1. The highest BCUT2D eigenvalue weighted by Gasteiger charge is 2.33. The lowest BCUT2D eigenvalue weighted by molar-refractivity contribution is -0.141. The fourth-order valence-corrected chi connectivity index (χ4v) is 2.51. The molecule has 1 atom stereocenters. The van der Waals surface area contributed by atoms with Crippen molar-refractivity contribution in [3.63, 3.8) is 0 Å². The second-order valence-corrected chi connectivity index (χ2v) is 5.76. The summed E-state index contributed by atoms with van der Waals surface area (Å²) in [4.78, 5) is 22.7. The third kappa shape index (κ3) is 4.31. The number of hydrogen-bond donors (Lipinski definition) is 2. The standard InChI is InChI=1S/C14H25NO3/c1-11(12(16)17)7-6-10-15-13(18)14(2)8-4-3-5-9-14/h11H,3-10H2,1-2H3,(H,15,18)(H,16,17). The van der Waals surface area contributed by atoms with Gasteiger partial charge < -0.3 is 10.4 Å². The van der Waals surface area contributed by atoms with Crippen molar-refractivity contribution in [2.24, 2.45) is 11.3 Å². The van der Waals surface area contributed by atoms with Gasteiger partial charge in [0, 0.05) is 12.0 Å². The van der Waals surface area contributed by atoms with Gasteiger partial charge in [0.25, 0.3) is 0 Å². The van der Waals surface area contributed by atoms with Crippen molar-refractivity contribution >= 4 is 11.9 Å².